The van der Waals surface area contributed by atoms with E-state index in [-0.39, 0.29) is 11.6 Å². The van der Waals surface area contributed by atoms with Crippen molar-refractivity contribution < 1.29 is 9.53 Å². The second-order valence-corrected chi connectivity index (χ2v) is 14.2. The number of aryl methyl sites for hydroxylation is 1. The Morgan fingerprint density at radius 3 is 2.49 bits per heavy atom. The summed E-state index contributed by atoms with van der Waals surface area (Å²) >= 11 is 0. The summed E-state index contributed by atoms with van der Waals surface area (Å²) in [5.74, 6) is 3.30. The van der Waals surface area contributed by atoms with Crippen LogP contribution in [-0.4, -0.2) is 73.4 Å². The third-order valence-electron chi connectivity index (χ3n) is 11.4. The highest BCUT2D eigenvalue weighted by atomic mass is 16.5. The van der Waals surface area contributed by atoms with E-state index in [9.17, 15) is 4.79 Å². The Morgan fingerprint density at radius 1 is 1.00 bits per heavy atom. The second-order valence-electron chi connectivity index (χ2n) is 14.2. The number of fused-ring (bicyclic) bond motifs is 1. The molecule has 5 fully saturated rings. The number of methoxy groups -OCH3 is 1. The Kier molecular flexibility index (Phi) is 7.21. The molecule has 2 aromatic carbocycles. The number of nitrogens with zero attached hydrogens (tertiary/aromatic N) is 6. The van der Waals surface area contributed by atoms with Crippen LogP contribution < -0.4 is 20.0 Å². The standard InChI is InChI=1S/C36H45N7O2/c1-24-5-4-6-27(11-16-45-3)32(24)42-23-28-22-37-34(38-30-7-9-31(10-8-30)41-14-12-40(2)13-15-41)39-33(28)43(35(42)44)36-20-25-17-26(21-36)19-29(36)18-25/h4-10,22,25-26,29H,11-21,23H2,1-3H3,(H,37,38,39). The van der Waals surface area contributed by atoms with E-state index in [4.69, 9.17) is 14.7 Å². The lowest BCUT2D eigenvalue weighted by Crippen LogP contribution is -2.60. The number of anilines is 5. The maximum absolute atomic E-state index is 14.9. The summed E-state index contributed by atoms with van der Waals surface area (Å²) < 4.78 is 5.44. The number of aromatic nitrogens is 2. The smallest absolute Gasteiger partial charge is 0.331 e. The fraction of sp³-hybridized carbons (Fsp3) is 0.528. The van der Waals surface area contributed by atoms with Gasteiger partial charge in [-0.3, -0.25) is 9.80 Å². The predicted octanol–water partition coefficient (Wildman–Crippen LogP) is 5.99. The number of nitrogens with one attached hydrogen (secondary N) is 1. The van der Waals surface area contributed by atoms with E-state index < -0.39 is 0 Å². The van der Waals surface area contributed by atoms with Crippen molar-refractivity contribution in [1.82, 2.24) is 14.9 Å². The van der Waals surface area contributed by atoms with E-state index >= 15 is 0 Å². The van der Waals surface area contributed by atoms with Crippen molar-refractivity contribution in [2.75, 3.05) is 67.0 Å². The third-order valence-corrected chi connectivity index (χ3v) is 11.4. The zero-order valence-corrected chi connectivity index (χ0v) is 26.8. The minimum atomic E-state index is -0.163. The van der Waals surface area contributed by atoms with Gasteiger partial charge < -0.3 is 19.9 Å². The van der Waals surface area contributed by atoms with Gasteiger partial charge in [-0.25, -0.2) is 9.78 Å². The largest absolute Gasteiger partial charge is 0.384 e. The molecule has 45 heavy (non-hydrogen) atoms. The summed E-state index contributed by atoms with van der Waals surface area (Å²) in [7, 11) is 3.91. The van der Waals surface area contributed by atoms with Gasteiger partial charge in [-0.2, -0.15) is 4.98 Å². The van der Waals surface area contributed by atoms with Gasteiger partial charge in [0.25, 0.3) is 0 Å². The van der Waals surface area contributed by atoms with Crippen LogP contribution in [-0.2, 0) is 17.7 Å². The van der Waals surface area contributed by atoms with Crippen molar-refractivity contribution in [1.29, 1.82) is 0 Å². The predicted molar refractivity (Wildman–Crippen MR) is 179 cm³/mol. The molecule has 1 aromatic heterocycles. The van der Waals surface area contributed by atoms with E-state index in [0.717, 1.165) is 79.3 Å². The zero-order chi connectivity index (χ0) is 30.7. The first-order valence-electron chi connectivity index (χ1n) is 16.8. The summed E-state index contributed by atoms with van der Waals surface area (Å²) in [6, 6.07) is 15.0. The number of piperazine rings is 1. The highest BCUT2D eigenvalue weighted by Crippen LogP contribution is 2.64. The van der Waals surface area contributed by atoms with Gasteiger partial charge in [-0.1, -0.05) is 18.2 Å². The SMILES string of the molecule is COCCc1cccc(C)c1N1Cc2cnc(Nc3ccc(N4CCN(C)CC4)cc3)nc2N(C23CC4CC(CC2C4)C3)C1=O. The molecule has 6 aliphatic rings. The van der Waals surface area contributed by atoms with Crippen molar-refractivity contribution in [2.24, 2.45) is 17.8 Å². The van der Waals surface area contributed by atoms with E-state index in [1.165, 1.54) is 24.9 Å². The highest BCUT2D eigenvalue weighted by molar-refractivity contribution is 6.07. The maximum Gasteiger partial charge on any atom is 0.331 e. The molecule has 9 nitrogen and oxygen atoms in total. The van der Waals surface area contributed by atoms with Crippen LogP contribution in [0.2, 0.25) is 0 Å². The summed E-state index contributed by atoms with van der Waals surface area (Å²) in [5, 5.41) is 3.46. The summed E-state index contributed by atoms with van der Waals surface area (Å²) in [6.07, 6.45) is 8.64. The van der Waals surface area contributed by atoms with Crippen LogP contribution in [0.25, 0.3) is 0 Å². The van der Waals surface area contributed by atoms with E-state index in [1.54, 1.807) is 7.11 Å². The molecule has 1 saturated heterocycles. The first kappa shape index (κ1) is 28.8. The van der Waals surface area contributed by atoms with Crippen molar-refractivity contribution in [3.8, 4) is 0 Å². The number of para-hydroxylation sites is 1. The lowest BCUT2D eigenvalue weighted by atomic mass is 9.79. The van der Waals surface area contributed by atoms with Crippen LogP contribution in [0, 0.1) is 24.7 Å². The van der Waals surface area contributed by atoms with Crippen molar-refractivity contribution in [2.45, 2.75) is 57.5 Å². The number of hydrogen-bond acceptors (Lipinski definition) is 7. The Labute approximate surface area is 266 Å². The van der Waals surface area contributed by atoms with E-state index in [1.807, 2.05) is 11.1 Å². The molecule has 236 valence electrons. The lowest BCUT2D eigenvalue weighted by Gasteiger charge is -2.48. The molecule has 2 amide bonds. The number of carbonyl (C=O) groups is 1. The number of hydrogen-bond donors (Lipinski definition) is 1. The molecule has 2 unspecified atom stereocenters. The molecule has 4 aliphatic carbocycles. The third kappa shape index (κ3) is 4.95. The minimum absolute atomic E-state index is 0.0600. The van der Waals surface area contributed by atoms with Crippen molar-refractivity contribution in [3.63, 3.8) is 0 Å². The number of likely N-dealkylation sites (N-methyl/N-ethyl adjacent to an activating group) is 1. The van der Waals surface area contributed by atoms with Crippen molar-refractivity contribution in [3.05, 3.63) is 65.4 Å². The normalized spacial score (nSPS) is 27.4. The summed E-state index contributed by atoms with van der Waals surface area (Å²) in [4.78, 5) is 33.8. The monoisotopic (exact) mass is 607 g/mol. The van der Waals surface area contributed by atoms with Gasteiger partial charge in [0, 0.05) is 56.4 Å². The number of ether oxygens (including phenoxy) is 1. The van der Waals surface area contributed by atoms with Gasteiger partial charge in [0.15, 0.2) is 0 Å². The molecule has 3 heterocycles. The first-order valence-corrected chi connectivity index (χ1v) is 16.8. The van der Waals surface area contributed by atoms with Gasteiger partial charge in [0.1, 0.15) is 5.82 Å². The average Bonchev–Trinajstić information content (AvgIpc) is 3.44. The van der Waals surface area contributed by atoms with E-state index in [2.05, 4.69) is 76.5 Å². The highest BCUT2D eigenvalue weighted by Gasteiger charge is 2.63. The van der Waals surface area contributed by atoms with Gasteiger partial charge in [-0.15, -0.1) is 0 Å². The Morgan fingerprint density at radius 2 is 1.76 bits per heavy atom. The van der Waals surface area contributed by atoms with Crippen LogP contribution >= 0.6 is 0 Å². The molecule has 9 heteroatoms. The van der Waals surface area contributed by atoms with E-state index in [0.29, 0.717) is 36.9 Å². The number of rotatable bonds is 8. The van der Waals surface area contributed by atoms with Crippen LogP contribution in [0.4, 0.5) is 33.6 Å². The van der Waals surface area contributed by atoms with Gasteiger partial charge in [-0.05, 0) is 106 Å². The van der Waals surface area contributed by atoms with Gasteiger partial charge in [0.2, 0.25) is 5.95 Å². The quantitative estimate of drug-likeness (QED) is 0.337. The van der Waals surface area contributed by atoms with Gasteiger partial charge >= 0.3 is 6.03 Å². The molecule has 4 bridgehead atoms. The second kappa shape index (κ2) is 11.3. The molecule has 3 aromatic rings. The molecule has 2 aliphatic heterocycles. The number of amides is 2. The van der Waals surface area contributed by atoms with Gasteiger partial charge in [0.05, 0.1) is 24.4 Å². The van der Waals surface area contributed by atoms with Crippen molar-refractivity contribution >= 4 is 34.9 Å². The zero-order valence-electron chi connectivity index (χ0n) is 26.8. The molecule has 4 saturated carbocycles. The van der Waals surface area contributed by atoms with Crippen LogP contribution in [0.5, 0.6) is 0 Å². The van der Waals surface area contributed by atoms with Crippen LogP contribution in [0.3, 0.4) is 0 Å². The Balaban J connectivity index is 1.14. The summed E-state index contributed by atoms with van der Waals surface area (Å²) in [5.41, 5.74) is 6.29. The fourth-order valence-electron chi connectivity index (χ4n) is 9.38. The average molecular weight is 608 g/mol. The Hall–Kier alpha value is -3.69. The lowest BCUT2D eigenvalue weighted by molar-refractivity contribution is 0.202. The van der Waals surface area contributed by atoms with Crippen LogP contribution in [0.15, 0.2) is 48.7 Å². The Bertz CT molecular complexity index is 1570. The maximum atomic E-state index is 14.9. The summed E-state index contributed by atoms with van der Waals surface area (Å²) in [6.45, 7) is 7.43. The number of urea groups is 1. The molecular formula is C36H45N7O2. The number of benzene rings is 2. The minimum Gasteiger partial charge on any atom is -0.384 e. The molecular weight excluding hydrogens is 562 g/mol. The molecule has 0 radical (unpaired) electrons. The number of carbonyl (C=O) groups excluding carboxylic acids is 1. The molecule has 2 atom stereocenters. The first-order chi connectivity index (χ1) is 21.9. The fourth-order valence-corrected chi connectivity index (χ4v) is 9.38. The topological polar surface area (TPSA) is 77.1 Å². The van der Waals surface area contributed by atoms with Crippen LogP contribution in [0.1, 0.15) is 48.8 Å². The molecule has 0 spiro atoms. The molecule has 1 N–H and O–H groups in total. The molecule has 9 rings (SSSR count).